The third-order valence-electron chi connectivity index (χ3n) is 8.02. The highest BCUT2D eigenvalue weighted by Crippen LogP contribution is 2.31. The third kappa shape index (κ3) is 8.75. The molecule has 4 N–H and O–H groups in total. The van der Waals surface area contributed by atoms with Crippen LogP contribution in [-0.4, -0.2) is 59.4 Å². The average Bonchev–Trinajstić information content (AvgIpc) is 3.55. The SMILES string of the molecule is CCCOC(=O)CN[C@@H](C(=O)N1CCC[C@H]1C(=O)NCc1ccc2c(N)nccc2c1)C(c1ccccc1)c1ccccc1.Cl.Cl. The summed E-state index contributed by atoms with van der Waals surface area (Å²) in [5.74, 6) is -0.787. The molecule has 1 aromatic heterocycles. The number of likely N-dealkylation sites (tertiary alicyclic amines) is 1. The van der Waals surface area contributed by atoms with Crippen molar-refractivity contribution in [2.45, 2.75) is 50.7 Å². The number of benzene rings is 3. The largest absolute Gasteiger partial charge is 0.465 e. The van der Waals surface area contributed by atoms with E-state index in [1.54, 1.807) is 11.1 Å². The van der Waals surface area contributed by atoms with Crippen molar-refractivity contribution in [2.75, 3.05) is 25.4 Å². The minimum absolute atomic E-state index is 0. The number of esters is 1. The zero-order valence-corrected chi connectivity index (χ0v) is 27.4. The van der Waals surface area contributed by atoms with E-state index in [0.29, 0.717) is 44.8 Å². The number of halogens is 2. The standard InChI is InChI=1S/C35H39N5O4.2ClH/c1-2-20-44-30(41)23-38-32(31(25-10-5-3-6-11-25)26-12-7-4-8-13-26)35(43)40-19-9-14-29(40)34(42)39-22-24-15-16-28-27(21-24)17-18-37-33(28)36;;/h3-8,10-13,15-18,21,29,31-32,38H,2,9,14,19-20,22-23H2,1H3,(H2,36,37)(H,39,42);2*1H/t29-,32+;;/m0../s1. The van der Waals surface area contributed by atoms with Gasteiger partial charge in [-0.2, -0.15) is 0 Å². The smallest absolute Gasteiger partial charge is 0.319 e. The zero-order valence-electron chi connectivity index (χ0n) is 25.8. The van der Waals surface area contributed by atoms with Crippen LogP contribution in [0.4, 0.5) is 5.82 Å². The molecule has 0 unspecified atom stereocenters. The minimum Gasteiger partial charge on any atom is -0.465 e. The fourth-order valence-electron chi connectivity index (χ4n) is 5.86. The first-order valence-corrected chi connectivity index (χ1v) is 15.2. The van der Waals surface area contributed by atoms with Gasteiger partial charge in [-0.05, 0) is 53.5 Å². The number of nitrogens with two attached hydrogens (primary N) is 1. The summed E-state index contributed by atoms with van der Waals surface area (Å²) in [7, 11) is 0. The Labute approximate surface area is 282 Å². The van der Waals surface area contributed by atoms with E-state index in [1.165, 1.54) is 0 Å². The van der Waals surface area contributed by atoms with Gasteiger partial charge in [0.2, 0.25) is 11.8 Å². The Morgan fingerprint density at radius 1 is 0.978 bits per heavy atom. The second-order valence-corrected chi connectivity index (χ2v) is 11.0. The summed E-state index contributed by atoms with van der Waals surface area (Å²) >= 11 is 0. The van der Waals surface area contributed by atoms with E-state index in [1.807, 2.05) is 91.9 Å². The zero-order chi connectivity index (χ0) is 30.9. The van der Waals surface area contributed by atoms with Gasteiger partial charge in [0.05, 0.1) is 19.2 Å². The Balaban J connectivity index is 0.00000288. The molecule has 2 heterocycles. The maximum absolute atomic E-state index is 14.4. The average molecular weight is 667 g/mol. The van der Waals surface area contributed by atoms with E-state index < -0.39 is 24.0 Å². The summed E-state index contributed by atoms with van der Waals surface area (Å²) < 4.78 is 5.30. The van der Waals surface area contributed by atoms with Gasteiger partial charge in [0.15, 0.2) is 0 Å². The molecule has 5 rings (SSSR count). The number of pyridine rings is 1. The fourth-order valence-corrected chi connectivity index (χ4v) is 5.86. The van der Waals surface area contributed by atoms with Crippen molar-refractivity contribution in [2.24, 2.45) is 0 Å². The van der Waals surface area contributed by atoms with Gasteiger partial charge < -0.3 is 20.7 Å². The summed E-state index contributed by atoms with van der Waals surface area (Å²) in [5.41, 5.74) is 8.77. The van der Waals surface area contributed by atoms with E-state index in [-0.39, 0.29) is 43.2 Å². The number of hydrogen-bond acceptors (Lipinski definition) is 7. The number of nitrogen functional groups attached to an aromatic ring is 1. The molecule has 0 saturated carbocycles. The second kappa shape index (κ2) is 17.5. The number of nitrogens with one attached hydrogen (secondary N) is 2. The van der Waals surface area contributed by atoms with Crippen molar-refractivity contribution in [3.63, 3.8) is 0 Å². The molecule has 2 atom stereocenters. The maximum atomic E-state index is 14.4. The Morgan fingerprint density at radius 3 is 2.30 bits per heavy atom. The van der Waals surface area contributed by atoms with Crippen LogP contribution in [0.25, 0.3) is 10.8 Å². The summed E-state index contributed by atoms with van der Waals surface area (Å²) in [5, 5.41) is 8.07. The lowest BCUT2D eigenvalue weighted by Crippen LogP contribution is -2.55. The van der Waals surface area contributed by atoms with Crippen molar-refractivity contribution >= 4 is 59.2 Å². The van der Waals surface area contributed by atoms with E-state index in [0.717, 1.165) is 27.5 Å². The molecular formula is C35H41Cl2N5O4. The van der Waals surface area contributed by atoms with Gasteiger partial charge in [-0.25, -0.2) is 4.98 Å². The highest BCUT2D eigenvalue weighted by Gasteiger charge is 2.40. The van der Waals surface area contributed by atoms with Crippen LogP contribution >= 0.6 is 24.8 Å². The number of aromatic nitrogens is 1. The van der Waals surface area contributed by atoms with Crippen molar-refractivity contribution in [3.8, 4) is 0 Å². The van der Waals surface area contributed by atoms with E-state index >= 15 is 0 Å². The first kappa shape index (κ1) is 36.3. The highest BCUT2D eigenvalue weighted by molar-refractivity contribution is 5.93. The fraction of sp³-hybridized carbons (Fsp3) is 0.314. The first-order chi connectivity index (χ1) is 21.5. The molecule has 1 aliphatic rings. The molecule has 1 fully saturated rings. The van der Waals surface area contributed by atoms with Gasteiger partial charge in [-0.1, -0.05) is 79.7 Å². The molecule has 0 spiro atoms. The van der Waals surface area contributed by atoms with Crippen LogP contribution in [0.1, 0.15) is 48.8 Å². The van der Waals surface area contributed by atoms with Gasteiger partial charge >= 0.3 is 5.97 Å². The van der Waals surface area contributed by atoms with Crippen LogP contribution in [0, 0.1) is 0 Å². The number of ether oxygens (including phenoxy) is 1. The number of rotatable bonds is 12. The Hall–Kier alpha value is -4.18. The number of fused-ring (bicyclic) bond motifs is 1. The van der Waals surface area contributed by atoms with E-state index in [9.17, 15) is 14.4 Å². The van der Waals surface area contributed by atoms with Crippen LogP contribution in [0.5, 0.6) is 0 Å². The predicted octanol–water partition coefficient (Wildman–Crippen LogP) is 5.01. The van der Waals surface area contributed by atoms with Gasteiger partial charge in [-0.15, -0.1) is 24.8 Å². The summed E-state index contributed by atoms with van der Waals surface area (Å²) in [6.07, 6.45) is 3.64. The van der Waals surface area contributed by atoms with E-state index in [2.05, 4.69) is 15.6 Å². The maximum Gasteiger partial charge on any atom is 0.319 e. The lowest BCUT2D eigenvalue weighted by atomic mass is 9.84. The monoisotopic (exact) mass is 665 g/mol. The molecule has 1 saturated heterocycles. The van der Waals surface area contributed by atoms with Crippen molar-refractivity contribution in [3.05, 3.63) is 108 Å². The summed E-state index contributed by atoms with van der Waals surface area (Å²) in [6.45, 7) is 2.89. The molecular weight excluding hydrogens is 625 g/mol. The number of nitrogens with zero attached hydrogens (tertiary/aromatic N) is 2. The van der Waals surface area contributed by atoms with Crippen LogP contribution in [0.15, 0.2) is 91.1 Å². The summed E-state index contributed by atoms with van der Waals surface area (Å²) in [4.78, 5) is 46.3. The molecule has 2 amide bonds. The molecule has 11 heteroatoms. The molecule has 1 aliphatic heterocycles. The topological polar surface area (TPSA) is 127 Å². The molecule has 3 aromatic carbocycles. The lowest BCUT2D eigenvalue weighted by molar-refractivity contribution is -0.144. The number of amides is 2. The molecule has 4 aromatic rings. The normalized spacial score (nSPS) is 14.7. The molecule has 46 heavy (non-hydrogen) atoms. The quantitative estimate of drug-likeness (QED) is 0.182. The lowest BCUT2D eigenvalue weighted by Gasteiger charge is -2.33. The predicted molar refractivity (Wildman–Crippen MR) is 185 cm³/mol. The molecule has 9 nitrogen and oxygen atoms in total. The van der Waals surface area contributed by atoms with Crippen LogP contribution in [0.3, 0.4) is 0 Å². The number of carbonyl (C=O) groups is 3. The Morgan fingerprint density at radius 2 is 1.65 bits per heavy atom. The number of carbonyl (C=O) groups excluding carboxylic acids is 3. The highest BCUT2D eigenvalue weighted by atomic mass is 35.5. The van der Waals surface area contributed by atoms with Gasteiger partial charge in [0.25, 0.3) is 0 Å². The molecule has 0 bridgehead atoms. The molecule has 0 radical (unpaired) electrons. The van der Waals surface area contributed by atoms with Crippen LogP contribution < -0.4 is 16.4 Å². The van der Waals surface area contributed by atoms with Crippen LogP contribution in [0.2, 0.25) is 0 Å². The first-order valence-electron chi connectivity index (χ1n) is 15.2. The molecule has 0 aliphatic carbocycles. The van der Waals surface area contributed by atoms with Crippen LogP contribution in [-0.2, 0) is 25.7 Å². The number of anilines is 1. The third-order valence-corrected chi connectivity index (χ3v) is 8.02. The van der Waals surface area contributed by atoms with Crippen molar-refractivity contribution < 1.29 is 19.1 Å². The minimum atomic E-state index is -0.804. The van der Waals surface area contributed by atoms with Crippen molar-refractivity contribution in [1.29, 1.82) is 0 Å². The van der Waals surface area contributed by atoms with Gasteiger partial charge in [-0.3, -0.25) is 19.7 Å². The number of hydrogen-bond donors (Lipinski definition) is 3. The molecule has 244 valence electrons. The van der Waals surface area contributed by atoms with Gasteiger partial charge in [0, 0.05) is 30.6 Å². The van der Waals surface area contributed by atoms with Crippen molar-refractivity contribution in [1.82, 2.24) is 20.5 Å². The summed E-state index contributed by atoms with van der Waals surface area (Å²) in [6, 6.07) is 25.8. The Bertz CT molecular complexity index is 1550. The van der Waals surface area contributed by atoms with E-state index in [4.69, 9.17) is 10.5 Å². The Kier molecular flexibility index (Phi) is 13.8. The second-order valence-electron chi connectivity index (χ2n) is 11.0. The van der Waals surface area contributed by atoms with Gasteiger partial charge in [0.1, 0.15) is 11.9 Å².